The number of anilines is 3. The Morgan fingerprint density at radius 1 is 0.779 bits per heavy atom. The van der Waals surface area contributed by atoms with Gasteiger partial charge in [0.1, 0.15) is 40.3 Å². The first-order valence-corrected chi connectivity index (χ1v) is 25.9. The first-order chi connectivity index (χ1) is 37.6. The van der Waals surface area contributed by atoms with Crippen LogP contribution in [0.25, 0.3) is 55.2 Å². The normalized spacial score (nSPS) is 23.0. The first kappa shape index (κ1) is 48.3. The minimum Gasteiger partial charge on any atom is -0.481 e. The van der Waals surface area contributed by atoms with Crippen LogP contribution >= 0.6 is 0 Å². The zero-order chi connectivity index (χ0) is 52.7. The van der Waals surface area contributed by atoms with Crippen molar-refractivity contribution >= 4 is 50.0 Å². The molecule has 77 heavy (non-hydrogen) atoms. The molecule has 20 heteroatoms. The molecule has 0 bridgehead atoms. The largest absolute Gasteiger partial charge is 0.481 e. The van der Waals surface area contributed by atoms with Crippen LogP contribution in [0.4, 0.5) is 30.5 Å². The summed E-state index contributed by atoms with van der Waals surface area (Å²) in [5.41, 5.74) is 17.1. The standard InChI is InChI=1S/C29H27F2N7O2.C28H28FN7O/c30-22-4-2-1-3-20(22)29(15-32)19-8-10-38(14-21(19)29)23-13-33-26-25(35-36-27(26)34-23)18-6-5-17-16(24(18)31)7-9-37(11-12-39)28(17)40;1-37-27-18-7-6-17(12-16(18)8-10-31-27)24-25-26(35-34-24)33-23(13-32-25)36-11-9-19-21(14-36)28(19,15-30)20-4-2-3-5-22(20)29/h1-7,9,13,19,21,39H,8,10-12,14-15,32H2,(H,34,35,36);2-8,10,12-13,19,21,32H,9,11,14-15,30H2,1H3,(H2,33,34,35)/t19-,21+,29-;19-,21+,28-/m11/s1. The molecule has 2 aliphatic carbocycles. The molecule has 4 aromatic carbocycles. The van der Waals surface area contributed by atoms with E-state index in [9.17, 15) is 18.7 Å². The Bertz CT molecular complexity index is 3880. The van der Waals surface area contributed by atoms with E-state index in [4.69, 9.17) is 21.2 Å². The van der Waals surface area contributed by atoms with Crippen LogP contribution in [0.15, 0.2) is 126 Å². The first-order valence-electron chi connectivity index (χ1n) is 25.9. The van der Waals surface area contributed by atoms with Crippen LogP contribution < -0.4 is 37.3 Å². The molecule has 4 fully saturated rings. The lowest BCUT2D eigenvalue weighted by Crippen LogP contribution is -2.35. The van der Waals surface area contributed by atoms with E-state index in [2.05, 4.69) is 56.9 Å². The van der Waals surface area contributed by atoms with E-state index in [0.717, 1.165) is 77.4 Å². The molecule has 6 atom stereocenters. The van der Waals surface area contributed by atoms with Crippen molar-refractivity contribution in [2.75, 3.05) is 68.5 Å². The van der Waals surface area contributed by atoms with E-state index >= 15 is 4.39 Å². The summed E-state index contributed by atoms with van der Waals surface area (Å²) in [6.07, 6.45) is 8.71. The number of pyridine rings is 2. The Labute approximate surface area is 439 Å². The lowest BCUT2D eigenvalue weighted by Gasteiger charge is -2.32. The quantitative estimate of drug-likeness (QED) is 0.0679. The molecule has 9 N–H and O–H groups in total. The number of hydrogen-bond donors (Lipinski definition) is 7. The van der Waals surface area contributed by atoms with E-state index in [1.54, 1.807) is 43.8 Å². The number of H-pyrrole nitrogens is 2. The van der Waals surface area contributed by atoms with Crippen LogP contribution in [0.5, 0.6) is 5.88 Å². The lowest BCUT2D eigenvalue weighted by atomic mass is 9.91. The molecule has 14 rings (SSSR count). The summed E-state index contributed by atoms with van der Waals surface area (Å²) in [6, 6.07) is 26.7. The summed E-state index contributed by atoms with van der Waals surface area (Å²) in [5, 5.41) is 33.4. The molecule has 17 nitrogen and oxygen atoms in total. The van der Waals surface area contributed by atoms with Gasteiger partial charge in [0.25, 0.3) is 5.56 Å². The molecule has 2 saturated carbocycles. The van der Waals surface area contributed by atoms with Crippen molar-refractivity contribution in [3.8, 4) is 28.4 Å². The van der Waals surface area contributed by atoms with Gasteiger partial charge < -0.3 is 46.3 Å². The average molecular weight is 1040 g/mol. The van der Waals surface area contributed by atoms with Crippen molar-refractivity contribution in [2.45, 2.75) is 30.2 Å². The van der Waals surface area contributed by atoms with Crippen LogP contribution in [0.1, 0.15) is 24.0 Å². The van der Waals surface area contributed by atoms with E-state index in [1.165, 1.54) is 29.0 Å². The maximum absolute atomic E-state index is 15.6. The molecule has 5 aliphatic rings. The van der Waals surface area contributed by atoms with E-state index in [-0.39, 0.29) is 63.4 Å². The third kappa shape index (κ3) is 7.62. The van der Waals surface area contributed by atoms with Gasteiger partial charge >= 0.3 is 0 Å². The van der Waals surface area contributed by atoms with Crippen molar-refractivity contribution in [1.29, 1.82) is 0 Å². The smallest absolute Gasteiger partial charge is 0.258 e. The zero-order valence-corrected chi connectivity index (χ0v) is 42.0. The number of likely N-dealkylation sites (tertiary alicyclic amines) is 1. The molecule has 2 saturated heterocycles. The number of aromatic amines is 2. The van der Waals surface area contributed by atoms with Crippen molar-refractivity contribution < 1.29 is 23.0 Å². The molecule has 0 spiro atoms. The Hall–Kier alpha value is -8.33. The van der Waals surface area contributed by atoms with Crippen molar-refractivity contribution in [3.05, 3.63) is 161 Å². The molecule has 0 unspecified atom stereocenters. The second-order valence-electron chi connectivity index (χ2n) is 20.6. The molecule has 9 aromatic rings. The molecular formula is C57H55F3N14O3. The summed E-state index contributed by atoms with van der Waals surface area (Å²) >= 11 is 0. The number of aliphatic hydroxyl groups is 1. The summed E-state index contributed by atoms with van der Waals surface area (Å²) in [5.74, 6) is 3.31. The Morgan fingerprint density at radius 3 is 2.17 bits per heavy atom. The third-order valence-electron chi connectivity index (χ3n) is 17.3. The minimum atomic E-state index is -0.566. The van der Waals surface area contributed by atoms with Crippen LogP contribution in [-0.2, 0) is 17.4 Å². The van der Waals surface area contributed by atoms with Gasteiger partial charge in [0.2, 0.25) is 11.5 Å². The maximum atomic E-state index is 15.6. The number of aliphatic hydroxyl groups excluding tert-OH is 1. The molecule has 3 aliphatic heterocycles. The number of nitrogens with two attached hydrogens (primary N) is 2. The van der Waals surface area contributed by atoms with Gasteiger partial charge in [0, 0.05) is 97.1 Å². The number of hydrogen-bond acceptors (Lipinski definition) is 14. The average Bonchev–Trinajstić information content (AvgIpc) is 4.34. The molecular weight excluding hydrogens is 986 g/mol. The predicted molar refractivity (Wildman–Crippen MR) is 288 cm³/mol. The highest BCUT2D eigenvalue weighted by atomic mass is 19.1. The number of halogens is 3. The van der Waals surface area contributed by atoms with E-state index < -0.39 is 5.82 Å². The topological polar surface area (TPSA) is 230 Å². The fourth-order valence-electron chi connectivity index (χ4n) is 13.3. The maximum Gasteiger partial charge on any atom is 0.258 e. The van der Waals surface area contributed by atoms with Gasteiger partial charge in [-0.15, -0.1) is 0 Å². The molecule has 0 radical (unpaired) electrons. The summed E-state index contributed by atoms with van der Waals surface area (Å²) < 4.78 is 51.8. The van der Waals surface area contributed by atoms with Gasteiger partial charge in [-0.1, -0.05) is 42.5 Å². The van der Waals surface area contributed by atoms with E-state index in [0.29, 0.717) is 71.5 Å². The monoisotopic (exact) mass is 1040 g/mol. The fraction of sp³-hybridized carbons (Fsp3) is 0.298. The van der Waals surface area contributed by atoms with Gasteiger partial charge in [-0.3, -0.25) is 15.0 Å². The highest BCUT2D eigenvalue weighted by Gasteiger charge is 2.67. The van der Waals surface area contributed by atoms with E-state index in [1.807, 2.05) is 48.7 Å². The van der Waals surface area contributed by atoms with Gasteiger partial charge in [-0.05, 0) is 102 Å². The lowest BCUT2D eigenvalue weighted by molar-refractivity contribution is 0.274. The van der Waals surface area contributed by atoms with Crippen molar-refractivity contribution in [2.24, 2.45) is 35.1 Å². The highest BCUT2D eigenvalue weighted by molar-refractivity contribution is 5.95. The summed E-state index contributed by atoms with van der Waals surface area (Å²) in [6.45, 7) is 3.91. The number of nitrogens with zero attached hydrogens (tertiary/aromatic N) is 8. The number of aromatic nitrogens is 8. The van der Waals surface area contributed by atoms with Gasteiger partial charge in [0.05, 0.1) is 36.7 Å². The Morgan fingerprint density at radius 2 is 1.47 bits per heavy atom. The Kier molecular flexibility index (Phi) is 11.8. The van der Waals surface area contributed by atoms with Crippen molar-refractivity contribution in [3.63, 3.8) is 0 Å². The fourth-order valence-corrected chi connectivity index (χ4v) is 13.3. The van der Waals surface area contributed by atoms with Crippen LogP contribution in [0.2, 0.25) is 0 Å². The number of nitrogens with one attached hydrogen (secondary N) is 4. The number of methoxy groups -OCH3 is 1. The van der Waals surface area contributed by atoms with Crippen LogP contribution in [0.3, 0.4) is 0 Å². The van der Waals surface area contributed by atoms with Gasteiger partial charge in [-0.2, -0.15) is 10.2 Å². The molecule has 5 aromatic heterocycles. The zero-order valence-electron chi connectivity index (χ0n) is 42.0. The summed E-state index contributed by atoms with van der Waals surface area (Å²) in [7, 11) is 1.63. The number of fused-ring (bicyclic) bond motifs is 6. The second kappa shape index (κ2) is 18.7. The number of benzene rings is 4. The third-order valence-corrected chi connectivity index (χ3v) is 17.3. The second-order valence-corrected chi connectivity index (χ2v) is 20.6. The highest BCUT2D eigenvalue weighted by Crippen LogP contribution is 2.64. The number of piperidine rings is 2. The number of ether oxygens (including phenoxy) is 1. The van der Waals surface area contributed by atoms with Crippen LogP contribution in [0, 0.1) is 41.1 Å². The summed E-state index contributed by atoms with van der Waals surface area (Å²) in [4.78, 5) is 30.7. The van der Waals surface area contributed by atoms with Gasteiger partial charge in [0.15, 0.2) is 5.82 Å². The number of rotatable bonds is 11. The SMILES string of the molecule is COc1nccc2cc(-c3[nH]nc4c3NC=C(N3CC[C@@H]5[C@H](C3)[C@@]5(CN)c3ccccc3F)N4)ccc12.NC[C@]1(c2ccccc2F)[C@@H]2CCN(c3cnc4c(-c5ccc6c(=O)n(CCO)ccc6c5F)[nH]nc4n3)C[C@@H]21. The predicted octanol–water partition coefficient (Wildman–Crippen LogP) is 7.22. The van der Waals surface area contributed by atoms with Crippen molar-refractivity contribution in [1.82, 2.24) is 44.8 Å². The molecule has 8 heterocycles. The molecule has 392 valence electrons. The Balaban J connectivity index is 0.000000147. The van der Waals surface area contributed by atoms with Crippen LogP contribution in [-0.4, -0.2) is 103 Å². The van der Waals surface area contributed by atoms with Gasteiger partial charge in [-0.25, -0.2) is 28.1 Å². The molecule has 0 amide bonds. The minimum absolute atomic E-state index is 0.135.